The molecule has 0 aliphatic carbocycles. The zero-order valence-electron chi connectivity index (χ0n) is 31.5. The lowest BCUT2D eigenvalue weighted by atomic mass is 9.59. The molecule has 0 bridgehead atoms. The highest BCUT2D eigenvalue weighted by atomic mass is 16.3. The topological polar surface area (TPSA) is 56.7 Å². The molecule has 0 spiro atoms. The normalized spacial score (nSPS) is 11.6. The van der Waals surface area contributed by atoms with Crippen LogP contribution < -0.4 is 27.3 Å². The van der Waals surface area contributed by atoms with E-state index in [4.69, 9.17) is 19.4 Å². The monoisotopic (exact) mass is 700 g/mol. The molecule has 0 saturated heterocycles. The molecule has 254 valence electrons. The van der Waals surface area contributed by atoms with Crippen LogP contribution in [0.3, 0.4) is 0 Å². The second kappa shape index (κ2) is 12.8. The first-order chi connectivity index (χ1) is 26.9. The summed E-state index contributed by atoms with van der Waals surface area (Å²) >= 11 is 0. The van der Waals surface area contributed by atoms with Gasteiger partial charge in [-0.15, -0.1) is 16.4 Å². The largest absolute Gasteiger partial charge is 0.455 e. The zero-order chi connectivity index (χ0) is 37.4. The van der Waals surface area contributed by atoms with E-state index in [-0.39, 0.29) is 0 Å². The van der Waals surface area contributed by atoms with Crippen LogP contribution in [-0.2, 0) is 0 Å². The van der Waals surface area contributed by atoms with E-state index < -0.39 is 0 Å². The predicted octanol–water partition coefficient (Wildman–Crippen LogP) is 2.83. The fraction of sp³-hybridized carbons (Fsp3) is 0. The smallest absolute Gasteiger partial charge is 0.167 e. The number of para-hydroxylation sites is 3. The average molecular weight is 700 g/mol. The second-order valence-electron chi connectivity index (χ2n) is 14.6. The fourth-order valence-corrected chi connectivity index (χ4v) is 8.36. The molecule has 10 heteroatoms. The van der Waals surface area contributed by atoms with Gasteiger partial charge in [-0.1, -0.05) is 114 Å². The first-order valence-corrected chi connectivity index (χ1v) is 18.8. The Balaban J connectivity index is 1.12. The van der Waals surface area contributed by atoms with Crippen molar-refractivity contribution < 1.29 is 4.42 Å². The molecule has 0 atom stereocenters. The zero-order valence-corrected chi connectivity index (χ0v) is 31.5. The van der Waals surface area contributed by atoms with Gasteiger partial charge in [0.25, 0.3) is 0 Å². The molecule has 0 saturated carbocycles. The molecule has 10 rings (SSSR count). The van der Waals surface area contributed by atoms with Gasteiger partial charge in [0.15, 0.2) is 17.5 Å². The Bertz CT molecular complexity index is 3070. The van der Waals surface area contributed by atoms with Crippen LogP contribution in [0, 0.1) is 0 Å². The van der Waals surface area contributed by atoms with Crippen molar-refractivity contribution in [3.63, 3.8) is 0 Å². The van der Waals surface area contributed by atoms with Gasteiger partial charge in [0.2, 0.25) is 0 Å². The number of fused-ring (bicyclic) bond motifs is 6. The number of aromatic nitrogens is 4. The Morgan fingerprint density at radius 1 is 0.418 bits per heavy atom. The van der Waals surface area contributed by atoms with Crippen LogP contribution in [0.2, 0.25) is 0 Å². The molecule has 0 aliphatic heterocycles. The molecule has 55 heavy (non-hydrogen) atoms. The molecule has 10 aromatic rings. The second-order valence-corrected chi connectivity index (χ2v) is 14.6. The molecule has 0 N–H and O–H groups in total. The molecule has 7 aromatic carbocycles. The van der Waals surface area contributed by atoms with Crippen LogP contribution in [0.25, 0.3) is 94.7 Å². The Morgan fingerprint density at radius 2 is 0.945 bits per heavy atom. The summed E-state index contributed by atoms with van der Waals surface area (Å²) in [6.45, 7) is 0. The van der Waals surface area contributed by atoms with Crippen LogP contribution in [0.1, 0.15) is 0 Å². The summed E-state index contributed by atoms with van der Waals surface area (Å²) in [7, 11) is 11.1. The Morgan fingerprint density at radius 3 is 1.60 bits per heavy atom. The maximum atomic E-state index is 6.79. The number of benzene rings is 7. The number of rotatable bonds is 5. The van der Waals surface area contributed by atoms with E-state index in [1.165, 1.54) is 49.2 Å². The van der Waals surface area contributed by atoms with Gasteiger partial charge in [-0.2, -0.15) is 0 Å². The molecule has 3 aromatic heterocycles. The third-order valence-electron chi connectivity index (χ3n) is 11.7. The Hall–Kier alpha value is -6.53. The van der Waals surface area contributed by atoms with E-state index in [2.05, 4.69) is 147 Å². The quantitative estimate of drug-likeness (QED) is 0.260. The standard InChI is InChI=1S/C45H33B5N4O/c46-37-36(38(47)40(49)41(50)39(37)48)24-17-19-26(20-18-24)44-51-43(25-9-2-1-3-10-25)52-45(53-44)32-14-8-13-31-30-22-21-27(23-35(30)55-42(31)32)54-33-15-6-4-11-28(33)29-12-5-7-16-34(29)54/h1-23H,46-50H2. The van der Waals surface area contributed by atoms with Gasteiger partial charge in [-0.25, -0.2) is 15.0 Å². The molecule has 0 aliphatic rings. The van der Waals surface area contributed by atoms with Crippen molar-refractivity contribution in [2.45, 2.75) is 0 Å². The highest BCUT2D eigenvalue weighted by Crippen LogP contribution is 2.38. The maximum absolute atomic E-state index is 6.79. The summed E-state index contributed by atoms with van der Waals surface area (Å²) in [5, 5.41) is 4.51. The predicted molar refractivity (Wildman–Crippen MR) is 244 cm³/mol. The van der Waals surface area contributed by atoms with E-state index in [1.54, 1.807) is 0 Å². The number of furan rings is 1. The number of hydrogen-bond acceptors (Lipinski definition) is 4. The number of hydrogen-bond donors (Lipinski definition) is 0. The van der Waals surface area contributed by atoms with E-state index in [9.17, 15) is 0 Å². The maximum Gasteiger partial charge on any atom is 0.167 e. The molecular weight excluding hydrogens is 667 g/mol. The van der Waals surface area contributed by atoms with Gasteiger partial charge in [-0.05, 0) is 41.5 Å². The Kier molecular flexibility index (Phi) is 7.70. The van der Waals surface area contributed by atoms with Crippen LogP contribution in [0.5, 0.6) is 0 Å². The number of nitrogens with zero attached hydrogens (tertiary/aromatic N) is 4. The first-order valence-electron chi connectivity index (χ1n) is 18.8. The summed E-state index contributed by atoms with van der Waals surface area (Å²) in [5.41, 5.74) is 16.8. The van der Waals surface area contributed by atoms with Crippen LogP contribution >= 0.6 is 0 Å². The van der Waals surface area contributed by atoms with Gasteiger partial charge in [-0.3, -0.25) is 0 Å². The van der Waals surface area contributed by atoms with Crippen LogP contribution in [0.4, 0.5) is 0 Å². The van der Waals surface area contributed by atoms with E-state index in [0.29, 0.717) is 17.5 Å². The van der Waals surface area contributed by atoms with Crippen LogP contribution in [-0.4, -0.2) is 58.8 Å². The van der Waals surface area contributed by atoms with Gasteiger partial charge in [0.1, 0.15) is 50.4 Å². The molecule has 0 fully saturated rings. The molecule has 3 heterocycles. The SMILES string of the molecule is Bc1c(B)c(B)c(-c2ccc(-c3nc(-c4ccccc4)nc(-c4cccc5c4oc4cc(-n6c7ccccc7c7ccccc76)ccc45)n3)cc2)c(B)c1B. The van der Waals surface area contributed by atoms with Crippen molar-refractivity contribution in [3.8, 4) is 51.0 Å². The van der Waals surface area contributed by atoms with Gasteiger partial charge in [0, 0.05) is 44.4 Å². The van der Waals surface area contributed by atoms with Crippen molar-refractivity contribution in [1.82, 2.24) is 19.5 Å². The third kappa shape index (κ3) is 5.27. The summed E-state index contributed by atoms with van der Waals surface area (Å²) in [5.74, 6) is 1.79. The van der Waals surface area contributed by atoms with Gasteiger partial charge in [0.05, 0.1) is 16.6 Å². The molecule has 0 amide bonds. The highest BCUT2D eigenvalue weighted by Gasteiger charge is 2.20. The lowest BCUT2D eigenvalue weighted by Crippen LogP contribution is -2.55. The minimum absolute atomic E-state index is 0.566. The summed E-state index contributed by atoms with van der Waals surface area (Å²) in [6, 6.07) is 48.6. The average Bonchev–Trinajstić information content (AvgIpc) is 3.78. The Labute approximate surface area is 323 Å². The van der Waals surface area contributed by atoms with Crippen molar-refractivity contribution in [2.75, 3.05) is 0 Å². The van der Waals surface area contributed by atoms with Gasteiger partial charge >= 0.3 is 0 Å². The van der Waals surface area contributed by atoms with E-state index >= 15 is 0 Å². The summed E-state index contributed by atoms with van der Waals surface area (Å²) in [6.07, 6.45) is 0. The molecule has 0 unspecified atom stereocenters. The molecular formula is C45H33B5N4O. The molecule has 0 radical (unpaired) electrons. The minimum atomic E-state index is 0.566. The van der Waals surface area contributed by atoms with Crippen molar-refractivity contribution in [2.24, 2.45) is 0 Å². The molecule has 5 nitrogen and oxygen atoms in total. The first kappa shape index (κ1) is 33.1. The fourth-order valence-electron chi connectivity index (χ4n) is 8.36. The minimum Gasteiger partial charge on any atom is -0.455 e. The van der Waals surface area contributed by atoms with Crippen LogP contribution in [0.15, 0.2) is 144 Å². The lowest BCUT2D eigenvalue weighted by Gasteiger charge is -2.20. The van der Waals surface area contributed by atoms with Crippen molar-refractivity contribution >= 4 is 110 Å². The van der Waals surface area contributed by atoms with Gasteiger partial charge < -0.3 is 8.98 Å². The van der Waals surface area contributed by atoms with Crippen molar-refractivity contribution in [1.29, 1.82) is 0 Å². The third-order valence-corrected chi connectivity index (χ3v) is 11.7. The highest BCUT2D eigenvalue weighted by molar-refractivity contribution is 6.68. The summed E-state index contributed by atoms with van der Waals surface area (Å²) in [4.78, 5) is 15.2. The van der Waals surface area contributed by atoms with E-state index in [0.717, 1.165) is 55.3 Å². The van der Waals surface area contributed by atoms with E-state index in [1.807, 2.05) is 36.4 Å². The summed E-state index contributed by atoms with van der Waals surface area (Å²) < 4.78 is 9.11. The van der Waals surface area contributed by atoms with Crippen molar-refractivity contribution in [3.05, 3.63) is 140 Å². The lowest BCUT2D eigenvalue weighted by molar-refractivity contribution is 0.669.